The summed E-state index contributed by atoms with van der Waals surface area (Å²) in [5, 5.41) is 28.3. The van der Waals surface area contributed by atoms with Crippen molar-refractivity contribution in [2.24, 2.45) is 47.3 Å². The number of halogens is 1. The minimum absolute atomic E-state index is 0. The van der Waals surface area contributed by atoms with E-state index in [1.54, 1.807) is 0 Å². The molecule has 14 nitrogen and oxygen atoms in total. The van der Waals surface area contributed by atoms with Gasteiger partial charge in [-0.3, -0.25) is 51.6 Å². The van der Waals surface area contributed by atoms with Crippen molar-refractivity contribution in [3.63, 3.8) is 0 Å². The molecule has 49 heavy (non-hydrogen) atoms. The first kappa shape index (κ1) is 35.8. The zero-order valence-corrected chi connectivity index (χ0v) is 30.5. The Labute approximate surface area is 297 Å². The van der Waals surface area contributed by atoms with Crippen LogP contribution in [0.3, 0.4) is 0 Å². The fourth-order valence-corrected chi connectivity index (χ4v) is 15.7. The maximum absolute atomic E-state index is 13.1. The number of nitrogens with one attached hydrogen (secondary N) is 8. The van der Waals surface area contributed by atoms with Gasteiger partial charge in [0.2, 0.25) is 0 Å². The molecule has 5 heterocycles. The second kappa shape index (κ2) is 13.6. The van der Waals surface area contributed by atoms with Gasteiger partial charge in [0.25, 0.3) is 20.2 Å². The molecule has 5 saturated heterocycles. The van der Waals surface area contributed by atoms with Gasteiger partial charge >= 0.3 is 0 Å². The standard InChI is InChI=1S/C32H56N8O6S2.ClH/c41-47(42,43)22-14-13-21-23(24(22)48(44,45)46)32-39-30-20-12-6-5-11-19(20)28(37-30)35-26-16-8-2-1-7-15(16)25(33-26)34-27-17-9-3-4-10-18(17)29(36-27)38-31(21)40-32;/h15-40H,1-14H2,(H,41,42,43)(H,44,45,46);1H. The molecule has 0 radical (unpaired) electrons. The van der Waals surface area contributed by atoms with E-state index in [1.165, 1.54) is 44.9 Å². The lowest BCUT2D eigenvalue weighted by molar-refractivity contribution is 0.167. The van der Waals surface area contributed by atoms with Crippen LogP contribution in [-0.4, -0.2) is 85.8 Å². The third-order valence-corrected chi connectivity index (χ3v) is 17.4. The van der Waals surface area contributed by atoms with Crippen molar-refractivity contribution in [3.05, 3.63) is 0 Å². The molecule has 9 fully saturated rings. The van der Waals surface area contributed by atoms with Gasteiger partial charge in [-0.15, -0.1) is 12.4 Å². The van der Waals surface area contributed by atoms with Crippen LogP contribution in [0.5, 0.6) is 0 Å². The van der Waals surface area contributed by atoms with Crippen LogP contribution in [0.25, 0.3) is 0 Å². The molecule has 4 aliphatic carbocycles. The first-order valence-electron chi connectivity index (χ1n) is 19.1. The molecule has 4 saturated carbocycles. The van der Waals surface area contributed by atoms with Gasteiger partial charge in [-0.1, -0.05) is 38.5 Å². The van der Waals surface area contributed by atoms with E-state index in [1.807, 2.05) is 0 Å². The minimum atomic E-state index is -4.83. The second-order valence-corrected chi connectivity index (χ2v) is 20.1. The highest BCUT2D eigenvalue weighted by molar-refractivity contribution is 7.90. The van der Waals surface area contributed by atoms with Gasteiger partial charge < -0.3 is 0 Å². The Bertz CT molecular complexity index is 1450. The molecule has 10 N–H and O–H groups in total. The van der Waals surface area contributed by atoms with E-state index in [0.717, 1.165) is 32.1 Å². The molecule has 0 aromatic rings. The molecule has 0 spiro atoms. The number of hydrogen-bond acceptors (Lipinski definition) is 12. The fraction of sp³-hybridized carbons (Fsp3) is 1.00. The maximum atomic E-state index is 13.1. The van der Waals surface area contributed by atoms with Crippen molar-refractivity contribution < 1.29 is 25.9 Å². The van der Waals surface area contributed by atoms with Gasteiger partial charge in [0.1, 0.15) is 10.5 Å². The molecule has 280 valence electrons. The van der Waals surface area contributed by atoms with Gasteiger partial charge in [-0.25, -0.2) is 0 Å². The Balaban J connectivity index is 0.00000348. The van der Waals surface area contributed by atoms with Gasteiger partial charge in [0.15, 0.2) is 0 Å². The molecule has 9 aliphatic rings. The second-order valence-electron chi connectivity index (χ2n) is 16.8. The fourth-order valence-electron chi connectivity index (χ4n) is 12.7. The minimum Gasteiger partial charge on any atom is -0.286 e. The summed E-state index contributed by atoms with van der Waals surface area (Å²) in [5.41, 5.74) is 0. The highest BCUT2D eigenvalue weighted by Gasteiger charge is 2.60. The Morgan fingerprint density at radius 2 is 0.653 bits per heavy atom. The van der Waals surface area contributed by atoms with Gasteiger partial charge in [0.05, 0.1) is 49.3 Å². The molecule has 8 bridgehead atoms. The summed E-state index contributed by atoms with van der Waals surface area (Å²) in [5.74, 6) is 1.70. The van der Waals surface area contributed by atoms with E-state index in [2.05, 4.69) is 42.5 Å². The predicted octanol–water partition coefficient (Wildman–Crippen LogP) is 0.760. The third kappa shape index (κ3) is 6.33. The lowest BCUT2D eigenvalue weighted by atomic mass is 9.76. The molecule has 0 aromatic carbocycles. The zero-order chi connectivity index (χ0) is 32.9. The summed E-state index contributed by atoms with van der Waals surface area (Å²) >= 11 is 0. The molecule has 17 heteroatoms. The van der Waals surface area contributed by atoms with Crippen molar-refractivity contribution in [3.8, 4) is 0 Å². The molecule has 9 rings (SSSR count). The lowest BCUT2D eigenvalue weighted by Gasteiger charge is -2.40. The van der Waals surface area contributed by atoms with E-state index >= 15 is 0 Å². The smallest absolute Gasteiger partial charge is 0.269 e. The van der Waals surface area contributed by atoms with Crippen molar-refractivity contribution in [1.82, 2.24) is 42.5 Å². The topological polar surface area (TPSA) is 205 Å². The van der Waals surface area contributed by atoms with Crippen LogP contribution in [0.4, 0.5) is 0 Å². The number of fused-ring (bicyclic) bond motifs is 20. The zero-order valence-electron chi connectivity index (χ0n) is 28.0. The molecule has 18 atom stereocenters. The lowest BCUT2D eigenvalue weighted by Crippen LogP contribution is -2.62. The third-order valence-electron chi connectivity index (χ3n) is 14.6. The van der Waals surface area contributed by atoms with Crippen LogP contribution in [-0.2, 0) is 20.2 Å². The Morgan fingerprint density at radius 1 is 0.367 bits per heavy atom. The van der Waals surface area contributed by atoms with E-state index in [0.29, 0.717) is 41.9 Å². The van der Waals surface area contributed by atoms with Crippen LogP contribution in [0.15, 0.2) is 0 Å². The van der Waals surface area contributed by atoms with E-state index in [4.69, 9.17) is 0 Å². The van der Waals surface area contributed by atoms with Gasteiger partial charge in [0, 0.05) is 5.92 Å². The maximum Gasteiger partial charge on any atom is 0.269 e. The van der Waals surface area contributed by atoms with Crippen molar-refractivity contribution in [2.75, 3.05) is 0 Å². The van der Waals surface area contributed by atoms with E-state index < -0.39 is 42.8 Å². The Kier molecular flexibility index (Phi) is 9.92. The molecular formula is C32H57ClN8O6S2. The van der Waals surface area contributed by atoms with Crippen LogP contribution in [0.2, 0.25) is 0 Å². The predicted molar refractivity (Wildman–Crippen MR) is 186 cm³/mol. The Hall–Kier alpha value is -0.210. The molecule has 18 unspecified atom stereocenters. The summed E-state index contributed by atoms with van der Waals surface area (Å²) in [6, 6.07) is 0. The number of rotatable bonds is 2. The summed E-state index contributed by atoms with van der Waals surface area (Å²) in [4.78, 5) is 0. The first-order valence-corrected chi connectivity index (χ1v) is 22.1. The summed E-state index contributed by atoms with van der Waals surface area (Å²) < 4.78 is 72.3. The summed E-state index contributed by atoms with van der Waals surface area (Å²) in [6.45, 7) is 0. The molecule has 0 amide bonds. The highest BCUT2D eigenvalue weighted by Crippen LogP contribution is 2.47. The Morgan fingerprint density at radius 3 is 0.939 bits per heavy atom. The largest absolute Gasteiger partial charge is 0.286 e. The number of hydrogen-bond donors (Lipinski definition) is 10. The van der Waals surface area contributed by atoms with Crippen LogP contribution in [0, 0.1) is 47.3 Å². The van der Waals surface area contributed by atoms with Crippen molar-refractivity contribution in [1.29, 1.82) is 0 Å². The van der Waals surface area contributed by atoms with Crippen LogP contribution in [0.1, 0.15) is 89.9 Å². The van der Waals surface area contributed by atoms with Gasteiger partial charge in [-0.2, -0.15) is 16.8 Å². The highest BCUT2D eigenvalue weighted by atomic mass is 35.5. The van der Waals surface area contributed by atoms with Crippen molar-refractivity contribution >= 4 is 32.6 Å². The normalized spacial score (nSPS) is 52.7. The van der Waals surface area contributed by atoms with Gasteiger partial charge in [-0.05, 0) is 92.8 Å². The monoisotopic (exact) mass is 748 g/mol. The average Bonchev–Trinajstić information content (AvgIpc) is 3.79. The summed E-state index contributed by atoms with van der Waals surface area (Å²) in [7, 11) is -9.55. The molecular weight excluding hydrogens is 692 g/mol. The van der Waals surface area contributed by atoms with Crippen LogP contribution >= 0.6 is 12.4 Å². The molecule has 0 aromatic heterocycles. The quantitative estimate of drug-likeness (QED) is 0.177. The first-order chi connectivity index (χ1) is 23.0. The van der Waals surface area contributed by atoms with Crippen molar-refractivity contribution in [2.45, 2.75) is 150 Å². The summed E-state index contributed by atoms with van der Waals surface area (Å²) in [6.07, 6.45) is 14.1. The SMILES string of the molecule is Cl.O=S(=O)(O)C1CCC2C3NC4NC(NC5NC(NC6NC(NC(N3)C2C1S(=O)(=O)O)C1CCCCC61)C1CCCCC51)C1CCCCC41. The average molecular weight is 749 g/mol. The van der Waals surface area contributed by atoms with Crippen LogP contribution < -0.4 is 42.5 Å². The van der Waals surface area contributed by atoms with E-state index in [-0.39, 0.29) is 67.9 Å². The molecule has 5 aliphatic heterocycles. The van der Waals surface area contributed by atoms with E-state index in [9.17, 15) is 25.9 Å².